The standard InChI is InChI=1S/C24H30FN3O3S/c1-2-31-24(30)28-10-8-18(9-11-28)23(29)27-14-12-26(13-15-27)17-21-6-7-22(32-21)19-4-3-5-20(25)16-19/h3-7,16,18H,2,8-15,17H2,1H3. The molecule has 8 heteroatoms. The highest BCUT2D eigenvalue weighted by atomic mass is 32.1. The van der Waals surface area contributed by atoms with Crippen LogP contribution in [0, 0.1) is 11.7 Å². The quantitative estimate of drug-likeness (QED) is 0.677. The number of thiophene rings is 1. The van der Waals surface area contributed by atoms with E-state index in [1.807, 2.05) is 11.0 Å². The van der Waals surface area contributed by atoms with Crippen molar-refractivity contribution in [2.45, 2.75) is 26.3 Å². The molecule has 2 aliphatic heterocycles. The largest absolute Gasteiger partial charge is 0.450 e. The summed E-state index contributed by atoms with van der Waals surface area (Å²) in [6, 6.07) is 10.9. The van der Waals surface area contributed by atoms with Gasteiger partial charge in [-0.25, -0.2) is 9.18 Å². The van der Waals surface area contributed by atoms with Crippen LogP contribution in [0.25, 0.3) is 10.4 Å². The molecule has 2 amide bonds. The van der Waals surface area contributed by atoms with Gasteiger partial charge in [-0.05, 0) is 49.6 Å². The zero-order valence-electron chi connectivity index (χ0n) is 18.5. The molecule has 2 fully saturated rings. The molecule has 6 nitrogen and oxygen atoms in total. The second-order valence-corrected chi connectivity index (χ2v) is 9.51. The normalized spacial score (nSPS) is 18.1. The Kier molecular flexibility index (Phi) is 7.42. The number of ether oxygens (including phenoxy) is 1. The van der Waals surface area contributed by atoms with E-state index in [2.05, 4.69) is 17.0 Å². The number of hydrogen-bond acceptors (Lipinski definition) is 5. The van der Waals surface area contributed by atoms with E-state index in [1.165, 1.54) is 10.9 Å². The van der Waals surface area contributed by atoms with Crippen molar-refractivity contribution in [2.24, 2.45) is 5.92 Å². The summed E-state index contributed by atoms with van der Waals surface area (Å²) < 4.78 is 18.6. The van der Waals surface area contributed by atoms with Gasteiger partial charge in [-0.1, -0.05) is 12.1 Å². The maximum absolute atomic E-state index is 13.5. The first-order valence-electron chi connectivity index (χ1n) is 11.3. The molecule has 1 aromatic heterocycles. The third-order valence-corrected chi connectivity index (χ3v) is 7.32. The second-order valence-electron chi connectivity index (χ2n) is 8.34. The molecule has 3 heterocycles. The summed E-state index contributed by atoms with van der Waals surface area (Å²) in [7, 11) is 0. The summed E-state index contributed by atoms with van der Waals surface area (Å²) in [5.74, 6) is 0.000766. The molecule has 172 valence electrons. The molecule has 0 N–H and O–H groups in total. The van der Waals surface area contributed by atoms with Gasteiger partial charge in [0, 0.05) is 61.5 Å². The summed E-state index contributed by atoms with van der Waals surface area (Å²) in [6.45, 7) is 7.36. The number of halogens is 1. The van der Waals surface area contributed by atoms with E-state index in [4.69, 9.17) is 4.74 Å². The van der Waals surface area contributed by atoms with Gasteiger partial charge in [0.1, 0.15) is 5.82 Å². The molecule has 2 aliphatic rings. The molecule has 0 spiro atoms. The minimum absolute atomic E-state index is 0.00153. The summed E-state index contributed by atoms with van der Waals surface area (Å²) in [5, 5.41) is 0. The fraction of sp³-hybridized carbons (Fsp3) is 0.500. The highest BCUT2D eigenvalue weighted by Gasteiger charge is 2.32. The van der Waals surface area contributed by atoms with Gasteiger partial charge in [-0.15, -0.1) is 11.3 Å². The number of piperazine rings is 1. The van der Waals surface area contributed by atoms with Gasteiger partial charge < -0.3 is 14.5 Å². The molecule has 0 saturated carbocycles. The third-order valence-electron chi connectivity index (χ3n) is 6.20. The van der Waals surface area contributed by atoms with Crippen LogP contribution < -0.4 is 0 Å². The number of amides is 2. The number of nitrogens with zero attached hydrogens (tertiary/aromatic N) is 3. The van der Waals surface area contributed by atoms with Crippen molar-refractivity contribution in [3.8, 4) is 10.4 Å². The zero-order chi connectivity index (χ0) is 22.5. The Balaban J connectivity index is 1.23. The number of rotatable bonds is 5. The van der Waals surface area contributed by atoms with Gasteiger partial charge in [0.25, 0.3) is 0 Å². The van der Waals surface area contributed by atoms with Gasteiger partial charge in [-0.2, -0.15) is 0 Å². The van der Waals surface area contributed by atoms with Gasteiger partial charge in [0.15, 0.2) is 0 Å². The lowest BCUT2D eigenvalue weighted by atomic mass is 9.95. The average molecular weight is 460 g/mol. The summed E-state index contributed by atoms with van der Waals surface area (Å²) >= 11 is 1.69. The first-order chi connectivity index (χ1) is 15.5. The molecule has 2 saturated heterocycles. The number of piperidine rings is 1. The lowest BCUT2D eigenvalue weighted by Crippen LogP contribution is -2.51. The topological polar surface area (TPSA) is 53.1 Å². The van der Waals surface area contributed by atoms with E-state index in [0.717, 1.165) is 43.2 Å². The van der Waals surface area contributed by atoms with Crippen LogP contribution in [0.4, 0.5) is 9.18 Å². The number of benzene rings is 1. The first kappa shape index (κ1) is 22.7. The highest BCUT2D eigenvalue weighted by Crippen LogP contribution is 2.29. The van der Waals surface area contributed by atoms with Crippen LogP contribution in [-0.4, -0.2) is 72.6 Å². The van der Waals surface area contributed by atoms with Crippen LogP contribution in [0.15, 0.2) is 36.4 Å². The SMILES string of the molecule is CCOC(=O)N1CCC(C(=O)N2CCN(Cc3ccc(-c4cccc(F)c4)s3)CC2)CC1. The van der Waals surface area contributed by atoms with E-state index < -0.39 is 0 Å². The average Bonchev–Trinajstić information content (AvgIpc) is 3.28. The Morgan fingerprint density at radius 2 is 1.78 bits per heavy atom. The lowest BCUT2D eigenvalue weighted by molar-refractivity contribution is -0.138. The van der Waals surface area contributed by atoms with Crippen molar-refractivity contribution in [3.05, 3.63) is 47.1 Å². The fourth-order valence-corrected chi connectivity index (χ4v) is 5.44. The smallest absolute Gasteiger partial charge is 0.409 e. The van der Waals surface area contributed by atoms with Crippen molar-refractivity contribution in [3.63, 3.8) is 0 Å². The van der Waals surface area contributed by atoms with E-state index in [0.29, 0.717) is 32.5 Å². The van der Waals surface area contributed by atoms with Crippen LogP contribution in [0.2, 0.25) is 0 Å². The number of likely N-dealkylation sites (tertiary alicyclic amines) is 1. The van der Waals surface area contributed by atoms with Crippen LogP contribution in [-0.2, 0) is 16.1 Å². The highest BCUT2D eigenvalue weighted by molar-refractivity contribution is 7.15. The molecule has 0 atom stereocenters. The Morgan fingerprint density at radius 3 is 2.47 bits per heavy atom. The first-order valence-corrected chi connectivity index (χ1v) is 12.1. The van der Waals surface area contributed by atoms with Gasteiger partial charge >= 0.3 is 6.09 Å². The summed E-state index contributed by atoms with van der Waals surface area (Å²) in [4.78, 5) is 33.2. The lowest BCUT2D eigenvalue weighted by Gasteiger charge is -2.38. The maximum Gasteiger partial charge on any atom is 0.409 e. The molecule has 1 aromatic carbocycles. The van der Waals surface area contributed by atoms with Crippen molar-refractivity contribution in [1.82, 2.24) is 14.7 Å². The second kappa shape index (κ2) is 10.4. The van der Waals surface area contributed by atoms with Gasteiger partial charge in [0.2, 0.25) is 5.91 Å². The molecule has 0 unspecified atom stereocenters. The molecule has 2 aromatic rings. The monoisotopic (exact) mass is 459 g/mol. The molecule has 4 rings (SSSR count). The Hall–Kier alpha value is -2.45. The molecule has 0 bridgehead atoms. The van der Waals surface area contributed by atoms with Crippen LogP contribution >= 0.6 is 11.3 Å². The maximum atomic E-state index is 13.5. The predicted octanol–water partition coefficient (Wildman–Crippen LogP) is 4.07. The van der Waals surface area contributed by atoms with Gasteiger partial charge in [-0.3, -0.25) is 9.69 Å². The summed E-state index contributed by atoms with van der Waals surface area (Å²) in [5.41, 5.74) is 0.908. The molecular formula is C24H30FN3O3S. The number of carbonyl (C=O) groups is 2. The van der Waals surface area contributed by atoms with Crippen molar-refractivity contribution in [2.75, 3.05) is 45.9 Å². The van der Waals surface area contributed by atoms with E-state index >= 15 is 0 Å². The Morgan fingerprint density at radius 1 is 1.03 bits per heavy atom. The minimum Gasteiger partial charge on any atom is -0.450 e. The van der Waals surface area contributed by atoms with Crippen molar-refractivity contribution in [1.29, 1.82) is 0 Å². The minimum atomic E-state index is -0.277. The Bertz CT molecular complexity index is 934. The van der Waals surface area contributed by atoms with Crippen LogP contribution in [0.3, 0.4) is 0 Å². The van der Waals surface area contributed by atoms with Crippen LogP contribution in [0.5, 0.6) is 0 Å². The predicted molar refractivity (Wildman–Crippen MR) is 123 cm³/mol. The number of hydrogen-bond donors (Lipinski definition) is 0. The molecule has 32 heavy (non-hydrogen) atoms. The molecule has 0 aliphatic carbocycles. The third kappa shape index (κ3) is 5.48. The summed E-state index contributed by atoms with van der Waals surface area (Å²) in [6.07, 6.45) is 1.13. The fourth-order valence-electron chi connectivity index (χ4n) is 4.39. The van der Waals surface area contributed by atoms with Crippen molar-refractivity contribution >= 4 is 23.3 Å². The van der Waals surface area contributed by atoms with E-state index in [1.54, 1.807) is 35.3 Å². The van der Waals surface area contributed by atoms with E-state index in [-0.39, 0.29) is 23.7 Å². The van der Waals surface area contributed by atoms with Crippen LogP contribution in [0.1, 0.15) is 24.6 Å². The molecule has 0 radical (unpaired) electrons. The van der Waals surface area contributed by atoms with Crippen molar-refractivity contribution < 1.29 is 18.7 Å². The number of carbonyl (C=O) groups excluding carboxylic acids is 2. The van der Waals surface area contributed by atoms with Gasteiger partial charge in [0.05, 0.1) is 6.61 Å². The Labute approximate surface area is 192 Å². The van der Waals surface area contributed by atoms with E-state index in [9.17, 15) is 14.0 Å². The zero-order valence-corrected chi connectivity index (χ0v) is 19.3. The molecular weight excluding hydrogens is 429 g/mol.